The second-order valence-corrected chi connectivity index (χ2v) is 13.7. The summed E-state index contributed by atoms with van der Waals surface area (Å²) in [5, 5.41) is 0. The predicted molar refractivity (Wildman–Crippen MR) is 192 cm³/mol. The molecule has 5 aromatic rings. The lowest BCUT2D eigenvalue weighted by Crippen LogP contribution is -2.41. The van der Waals surface area contributed by atoms with Crippen LogP contribution in [0.2, 0.25) is 0 Å². The largest absolute Gasteiger partial charge is 0.494 e. The first-order valence-corrected chi connectivity index (χ1v) is 16.9. The van der Waals surface area contributed by atoms with Crippen molar-refractivity contribution in [3.05, 3.63) is 149 Å². The van der Waals surface area contributed by atoms with Gasteiger partial charge in [-0.05, 0) is 92.5 Å². The minimum Gasteiger partial charge on any atom is -0.489 e. The van der Waals surface area contributed by atoms with E-state index < -0.39 is 18.3 Å². The van der Waals surface area contributed by atoms with Crippen molar-refractivity contribution in [3.8, 4) is 11.5 Å². The van der Waals surface area contributed by atoms with E-state index in [1.165, 1.54) is 0 Å². The lowest BCUT2D eigenvalue weighted by molar-refractivity contribution is 0.00578. The Bertz CT molecular complexity index is 1900. The Morgan fingerprint density at radius 2 is 1.49 bits per heavy atom. The molecule has 0 spiro atoms. The van der Waals surface area contributed by atoms with E-state index in [4.69, 9.17) is 18.8 Å². The highest BCUT2D eigenvalue weighted by atomic mass is 16.7. The normalized spacial score (nSPS) is 17.8. The Hall–Kier alpha value is -4.92. The Morgan fingerprint density at radius 3 is 2.14 bits per heavy atom. The summed E-state index contributed by atoms with van der Waals surface area (Å²) < 4.78 is 25.3. The molecule has 248 valence electrons. The second-order valence-electron chi connectivity index (χ2n) is 13.7. The monoisotopic (exact) mass is 652 g/mol. The van der Waals surface area contributed by atoms with Crippen molar-refractivity contribution in [2.75, 3.05) is 4.90 Å². The van der Waals surface area contributed by atoms with Crippen LogP contribution in [0.25, 0.3) is 0 Å². The summed E-state index contributed by atoms with van der Waals surface area (Å²) in [4.78, 5) is 21.2. The van der Waals surface area contributed by atoms with Gasteiger partial charge in [-0.1, -0.05) is 78.9 Å². The molecule has 1 unspecified atom stereocenters. The first-order chi connectivity index (χ1) is 23.7. The van der Waals surface area contributed by atoms with E-state index in [1.54, 1.807) is 6.20 Å². The van der Waals surface area contributed by atoms with Crippen LogP contribution in [0.4, 0.5) is 5.69 Å². The van der Waals surface area contributed by atoms with E-state index >= 15 is 0 Å². The maximum absolute atomic E-state index is 14.9. The molecule has 0 saturated carbocycles. The van der Waals surface area contributed by atoms with Gasteiger partial charge in [0.15, 0.2) is 0 Å². The standard InChI is InChI=1S/C41H41BN2O5/c1-40(2)41(3,4)49-42(48-40)33-18-22-36-31(24-33)17-21-37(32-16-11-23-43-26-32)44(36)39(45)35-20-19-34(46-27-29-12-7-5-8-13-29)25-38(35)47-28-30-14-9-6-10-15-30/h5-16,18-20,22-26,37H,17,21,27-28H2,1-4H3. The van der Waals surface area contributed by atoms with Crippen molar-refractivity contribution in [2.45, 2.75) is 71.0 Å². The second kappa shape index (κ2) is 13.5. The van der Waals surface area contributed by atoms with Crippen LogP contribution in [0.5, 0.6) is 11.5 Å². The van der Waals surface area contributed by atoms with Crippen LogP contribution in [0.1, 0.15) is 72.8 Å². The number of pyridine rings is 1. The third kappa shape index (κ3) is 6.84. The number of aryl methyl sites for hydroxylation is 1. The molecule has 1 saturated heterocycles. The van der Waals surface area contributed by atoms with Gasteiger partial charge < -0.3 is 23.7 Å². The van der Waals surface area contributed by atoms with Gasteiger partial charge in [-0.15, -0.1) is 0 Å². The van der Waals surface area contributed by atoms with Gasteiger partial charge in [0.05, 0.1) is 22.8 Å². The van der Waals surface area contributed by atoms with E-state index in [0.29, 0.717) is 30.3 Å². The summed E-state index contributed by atoms with van der Waals surface area (Å²) >= 11 is 0. The van der Waals surface area contributed by atoms with Gasteiger partial charge in [0.2, 0.25) is 0 Å². The fraction of sp³-hybridized carbons (Fsp3) is 0.268. The number of hydrogen-bond donors (Lipinski definition) is 0. The van der Waals surface area contributed by atoms with Gasteiger partial charge >= 0.3 is 7.12 Å². The van der Waals surface area contributed by atoms with Gasteiger partial charge in [-0.25, -0.2) is 0 Å². The Kier molecular flexibility index (Phi) is 9.01. The van der Waals surface area contributed by atoms with Crippen LogP contribution in [-0.4, -0.2) is 29.2 Å². The number of ether oxygens (including phenoxy) is 2. The molecule has 2 aliphatic rings. The first-order valence-electron chi connectivity index (χ1n) is 16.9. The smallest absolute Gasteiger partial charge is 0.489 e. The summed E-state index contributed by atoms with van der Waals surface area (Å²) in [6.45, 7) is 8.93. The average Bonchev–Trinajstić information content (AvgIpc) is 3.35. The van der Waals surface area contributed by atoms with Crippen LogP contribution in [0.15, 0.2) is 122 Å². The lowest BCUT2D eigenvalue weighted by Gasteiger charge is -2.38. The number of anilines is 1. The molecule has 1 atom stereocenters. The molecule has 0 radical (unpaired) electrons. The molecule has 1 fully saturated rings. The molecule has 1 amide bonds. The zero-order valence-corrected chi connectivity index (χ0v) is 28.5. The van der Waals surface area contributed by atoms with Crippen molar-refractivity contribution in [1.82, 2.24) is 4.98 Å². The highest BCUT2D eigenvalue weighted by Crippen LogP contribution is 2.42. The topological polar surface area (TPSA) is 70.1 Å². The van der Waals surface area contributed by atoms with E-state index in [1.807, 2.05) is 114 Å². The Morgan fingerprint density at radius 1 is 0.816 bits per heavy atom. The molecular weight excluding hydrogens is 611 g/mol. The zero-order chi connectivity index (χ0) is 34.0. The van der Waals surface area contributed by atoms with Crippen LogP contribution in [0, 0.1) is 0 Å². The minimum absolute atomic E-state index is 0.157. The molecule has 2 aliphatic heterocycles. The Labute approximate surface area is 289 Å². The number of hydrogen-bond acceptors (Lipinski definition) is 6. The summed E-state index contributed by atoms with van der Waals surface area (Å²) in [5.74, 6) is 0.930. The number of fused-ring (bicyclic) bond motifs is 1. The Balaban J connectivity index is 1.25. The molecule has 3 heterocycles. The van der Waals surface area contributed by atoms with Crippen molar-refractivity contribution in [1.29, 1.82) is 0 Å². The number of amides is 1. The van der Waals surface area contributed by atoms with Gasteiger partial charge in [-0.2, -0.15) is 0 Å². The summed E-state index contributed by atoms with van der Waals surface area (Å²) in [7, 11) is -0.489. The molecule has 49 heavy (non-hydrogen) atoms. The first kappa shape index (κ1) is 32.6. The number of nitrogens with zero attached hydrogens (tertiary/aromatic N) is 2. The number of rotatable bonds is 9. The van der Waals surface area contributed by atoms with E-state index in [2.05, 4.69) is 38.7 Å². The van der Waals surface area contributed by atoms with Gasteiger partial charge in [0.1, 0.15) is 24.7 Å². The maximum Gasteiger partial charge on any atom is 0.494 e. The molecule has 7 rings (SSSR count). The fourth-order valence-electron chi connectivity index (χ4n) is 6.39. The van der Waals surface area contributed by atoms with Crippen LogP contribution >= 0.6 is 0 Å². The van der Waals surface area contributed by atoms with Crippen molar-refractivity contribution in [3.63, 3.8) is 0 Å². The van der Waals surface area contributed by atoms with Crippen molar-refractivity contribution < 1.29 is 23.6 Å². The number of carbonyl (C=O) groups excluding carboxylic acids is 1. The highest BCUT2D eigenvalue weighted by Gasteiger charge is 2.52. The molecule has 0 bridgehead atoms. The third-order valence-electron chi connectivity index (χ3n) is 9.84. The third-order valence-corrected chi connectivity index (χ3v) is 9.84. The molecule has 8 heteroatoms. The molecular formula is C41H41BN2O5. The predicted octanol–water partition coefficient (Wildman–Crippen LogP) is 7.87. The molecule has 0 N–H and O–H groups in total. The van der Waals surface area contributed by atoms with Gasteiger partial charge in [0.25, 0.3) is 5.91 Å². The molecule has 7 nitrogen and oxygen atoms in total. The SMILES string of the molecule is CC1(C)OB(c2ccc3c(c2)CCC(c2cccnc2)N3C(=O)c2ccc(OCc3ccccc3)cc2OCc2ccccc2)OC1(C)C. The van der Waals surface area contributed by atoms with Crippen LogP contribution in [0.3, 0.4) is 0 Å². The molecule has 1 aromatic heterocycles. The average molecular weight is 653 g/mol. The number of aromatic nitrogens is 1. The van der Waals surface area contributed by atoms with Crippen LogP contribution in [-0.2, 0) is 28.9 Å². The molecule has 0 aliphatic carbocycles. The quantitative estimate of drug-likeness (QED) is 0.151. The fourth-order valence-corrected chi connectivity index (χ4v) is 6.39. The summed E-state index contributed by atoms with van der Waals surface area (Å²) in [6, 6.07) is 35.3. The summed E-state index contributed by atoms with van der Waals surface area (Å²) in [6.07, 6.45) is 5.13. The minimum atomic E-state index is -0.489. The van der Waals surface area contributed by atoms with Crippen LogP contribution < -0.4 is 19.8 Å². The van der Waals surface area contributed by atoms with Gasteiger partial charge in [-0.3, -0.25) is 9.78 Å². The van der Waals surface area contributed by atoms with E-state index in [-0.39, 0.29) is 11.9 Å². The van der Waals surface area contributed by atoms with Crippen molar-refractivity contribution >= 4 is 24.2 Å². The zero-order valence-electron chi connectivity index (χ0n) is 28.5. The van der Waals surface area contributed by atoms with E-state index in [9.17, 15) is 4.79 Å². The lowest BCUT2D eigenvalue weighted by atomic mass is 9.77. The number of carbonyl (C=O) groups is 1. The van der Waals surface area contributed by atoms with Gasteiger partial charge in [0, 0.05) is 24.1 Å². The summed E-state index contributed by atoms with van der Waals surface area (Å²) in [5.41, 5.74) is 5.45. The highest BCUT2D eigenvalue weighted by molar-refractivity contribution is 6.62. The number of benzene rings is 4. The molecule has 4 aromatic carbocycles. The van der Waals surface area contributed by atoms with E-state index in [0.717, 1.165) is 46.2 Å². The maximum atomic E-state index is 14.9. The van der Waals surface area contributed by atoms with Crippen molar-refractivity contribution in [2.24, 2.45) is 0 Å².